The molecule has 5 rings (SSSR count). The first kappa shape index (κ1) is 22.4. The molecule has 0 spiro atoms. The molecule has 174 valence electrons. The summed E-state index contributed by atoms with van der Waals surface area (Å²) in [4.78, 5) is 0. The average molecular weight is 446 g/mol. The Balaban J connectivity index is 1.22. The van der Waals surface area contributed by atoms with Gasteiger partial charge >= 0.3 is 0 Å². The number of ether oxygens (including phenoxy) is 3. The van der Waals surface area contributed by atoms with Crippen molar-refractivity contribution in [2.75, 3.05) is 0 Å². The summed E-state index contributed by atoms with van der Waals surface area (Å²) in [7, 11) is 0. The molecule has 0 amide bonds. The molecule has 1 saturated carbocycles. The Morgan fingerprint density at radius 2 is 1.73 bits per heavy atom. The number of benzene rings is 3. The predicted molar refractivity (Wildman–Crippen MR) is 132 cm³/mol. The topological polar surface area (TPSA) is 39.7 Å². The second kappa shape index (κ2) is 9.09. The van der Waals surface area contributed by atoms with Gasteiger partial charge in [-0.15, -0.1) is 0 Å². The zero-order valence-electron chi connectivity index (χ0n) is 20.1. The minimum atomic E-state index is -0.529. The Labute approximate surface area is 197 Å². The highest BCUT2D eigenvalue weighted by Crippen LogP contribution is 2.38. The fraction of sp³-hybridized carbons (Fsp3) is 0.448. The molecule has 3 aromatic carbocycles. The van der Waals surface area contributed by atoms with Gasteiger partial charge in [-0.2, -0.15) is 0 Å². The van der Waals surface area contributed by atoms with Crippen LogP contribution in [0.4, 0.5) is 0 Å². The van der Waals surface area contributed by atoms with Crippen molar-refractivity contribution in [3.63, 3.8) is 0 Å². The van der Waals surface area contributed by atoms with Gasteiger partial charge in [-0.1, -0.05) is 54.6 Å². The monoisotopic (exact) mass is 445 g/mol. The smallest absolute Gasteiger partial charge is 0.202 e. The van der Waals surface area contributed by atoms with E-state index in [4.69, 9.17) is 14.2 Å². The van der Waals surface area contributed by atoms with Crippen LogP contribution in [0.1, 0.15) is 70.0 Å². The van der Waals surface area contributed by atoms with E-state index in [2.05, 4.69) is 72.9 Å². The summed E-state index contributed by atoms with van der Waals surface area (Å²) in [6.07, 6.45) is 3.06. The molecule has 0 unspecified atom stereocenters. The van der Waals surface area contributed by atoms with E-state index >= 15 is 0 Å². The normalized spacial score (nSPS) is 26.2. The highest BCUT2D eigenvalue weighted by molar-refractivity contribution is 5.86. The molecule has 2 fully saturated rings. The maximum Gasteiger partial charge on any atom is 0.202 e. The van der Waals surface area contributed by atoms with Gasteiger partial charge in [0.25, 0.3) is 0 Å². The summed E-state index contributed by atoms with van der Waals surface area (Å²) in [5.41, 5.74) is 2.21. The first-order valence-corrected chi connectivity index (χ1v) is 12.2. The number of nitrogens with one attached hydrogen (secondary N) is 1. The van der Waals surface area contributed by atoms with Crippen molar-refractivity contribution in [3.8, 4) is 5.75 Å². The van der Waals surface area contributed by atoms with Gasteiger partial charge in [-0.05, 0) is 86.9 Å². The zero-order chi connectivity index (χ0) is 23.0. The Hall–Kier alpha value is -2.40. The lowest BCUT2D eigenvalue weighted by Gasteiger charge is -2.43. The van der Waals surface area contributed by atoms with Crippen molar-refractivity contribution in [1.29, 1.82) is 0 Å². The molecule has 0 aromatic heterocycles. The third-order valence-electron chi connectivity index (χ3n) is 7.12. The highest BCUT2D eigenvalue weighted by Gasteiger charge is 2.42. The van der Waals surface area contributed by atoms with Gasteiger partial charge < -0.3 is 19.5 Å². The lowest BCUT2D eigenvalue weighted by molar-refractivity contribution is -0.410. The van der Waals surface area contributed by atoms with Crippen molar-refractivity contribution >= 4 is 10.8 Å². The lowest BCUT2D eigenvalue weighted by atomic mass is 9.96. The molecule has 0 bridgehead atoms. The van der Waals surface area contributed by atoms with Crippen LogP contribution in [0, 0.1) is 0 Å². The SMILES string of the molecule is CC1OC(C(C)(C)Oc2cccc([C@@H]3CC[C@H](N[C@H](C)c4cccc5ccccc45)C3)c2)O1. The van der Waals surface area contributed by atoms with Crippen molar-refractivity contribution in [2.24, 2.45) is 0 Å². The highest BCUT2D eigenvalue weighted by atomic mass is 16.9. The minimum absolute atomic E-state index is 0.150. The van der Waals surface area contributed by atoms with Crippen LogP contribution in [0.2, 0.25) is 0 Å². The van der Waals surface area contributed by atoms with Crippen LogP contribution < -0.4 is 10.1 Å². The maximum atomic E-state index is 6.28. The van der Waals surface area contributed by atoms with Gasteiger partial charge in [0.2, 0.25) is 6.29 Å². The van der Waals surface area contributed by atoms with Crippen LogP contribution >= 0.6 is 0 Å². The van der Waals surface area contributed by atoms with Gasteiger partial charge in [0.15, 0.2) is 11.9 Å². The third kappa shape index (κ3) is 4.79. The molecule has 33 heavy (non-hydrogen) atoms. The van der Waals surface area contributed by atoms with Gasteiger partial charge in [-0.3, -0.25) is 0 Å². The van der Waals surface area contributed by atoms with E-state index in [0.29, 0.717) is 18.0 Å². The van der Waals surface area contributed by atoms with Crippen LogP contribution in [0.25, 0.3) is 10.8 Å². The Morgan fingerprint density at radius 3 is 2.55 bits per heavy atom. The molecule has 4 heteroatoms. The summed E-state index contributed by atoms with van der Waals surface area (Å²) in [6, 6.07) is 24.7. The fourth-order valence-electron chi connectivity index (χ4n) is 5.38. The van der Waals surface area contributed by atoms with Crippen LogP contribution in [-0.2, 0) is 9.47 Å². The quantitative estimate of drug-likeness (QED) is 0.439. The van der Waals surface area contributed by atoms with E-state index in [0.717, 1.165) is 12.2 Å². The summed E-state index contributed by atoms with van der Waals surface area (Å²) in [6.45, 7) is 8.22. The van der Waals surface area contributed by atoms with Gasteiger partial charge in [0.1, 0.15) is 5.75 Å². The fourth-order valence-corrected chi connectivity index (χ4v) is 5.38. The number of fused-ring (bicyclic) bond motifs is 1. The Morgan fingerprint density at radius 1 is 0.970 bits per heavy atom. The van der Waals surface area contributed by atoms with Crippen LogP contribution in [0.15, 0.2) is 66.7 Å². The van der Waals surface area contributed by atoms with E-state index < -0.39 is 5.60 Å². The molecule has 1 aliphatic heterocycles. The summed E-state index contributed by atoms with van der Waals surface area (Å²) in [5.74, 6) is 1.43. The second-order valence-corrected chi connectivity index (χ2v) is 10.1. The molecule has 1 N–H and O–H groups in total. The molecule has 2 aliphatic rings. The first-order valence-electron chi connectivity index (χ1n) is 12.2. The first-order chi connectivity index (χ1) is 15.9. The Kier molecular flexibility index (Phi) is 6.17. The molecule has 1 saturated heterocycles. The minimum Gasteiger partial charge on any atom is -0.483 e. The largest absolute Gasteiger partial charge is 0.483 e. The van der Waals surface area contributed by atoms with E-state index in [9.17, 15) is 0 Å². The van der Waals surface area contributed by atoms with E-state index in [1.165, 1.54) is 34.7 Å². The Bertz CT molecular complexity index is 1100. The number of rotatable bonds is 7. The van der Waals surface area contributed by atoms with Crippen LogP contribution in [0.3, 0.4) is 0 Å². The molecule has 3 atom stereocenters. The molecule has 4 nitrogen and oxygen atoms in total. The lowest BCUT2D eigenvalue weighted by Crippen LogP contribution is -2.55. The van der Waals surface area contributed by atoms with E-state index in [1.807, 2.05) is 26.8 Å². The number of hydrogen-bond acceptors (Lipinski definition) is 4. The summed E-state index contributed by atoms with van der Waals surface area (Å²) in [5, 5.41) is 6.56. The molecular weight excluding hydrogens is 410 g/mol. The summed E-state index contributed by atoms with van der Waals surface area (Å²) >= 11 is 0. The van der Waals surface area contributed by atoms with Gasteiger partial charge in [0, 0.05) is 12.1 Å². The average Bonchev–Trinajstić information content (AvgIpc) is 3.25. The van der Waals surface area contributed by atoms with E-state index in [-0.39, 0.29) is 12.6 Å². The van der Waals surface area contributed by atoms with Crippen molar-refractivity contribution in [2.45, 2.75) is 83.1 Å². The van der Waals surface area contributed by atoms with E-state index in [1.54, 1.807) is 0 Å². The number of hydrogen-bond donors (Lipinski definition) is 1. The van der Waals surface area contributed by atoms with Crippen molar-refractivity contribution < 1.29 is 14.2 Å². The van der Waals surface area contributed by atoms with Crippen LogP contribution in [0.5, 0.6) is 5.75 Å². The molecule has 0 radical (unpaired) electrons. The molecular formula is C29H35NO3. The standard InChI is InChI=1S/C29H35NO3/c1-19(26-14-8-10-21-9-5-6-13-27(21)26)30-24-16-15-23(17-24)22-11-7-12-25(18-22)33-29(3,4)28-31-20(2)32-28/h5-14,18-20,23-24,28,30H,15-17H2,1-4H3/t19-,20?,23-,24+,28?/m1/s1. The third-order valence-corrected chi connectivity index (χ3v) is 7.12. The molecule has 1 heterocycles. The van der Waals surface area contributed by atoms with Crippen LogP contribution in [-0.4, -0.2) is 24.2 Å². The predicted octanol–water partition coefficient (Wildman–Crippen LogP) is 6.70. The molecule has 3 aromatic rings. The van der Waals surface area contributed by atoms with Gasteiger partial charge in [-0.25, -0.2) is 0 Å². The summed E-state index contributed by atoms with van der Waals surface area (Å²) < 4.78 is 17.6. The van der Waals surface area contributed by atoms with Crippen molar-refractivity contribution in [1.82, 2.24) is 5.32 Å². The zero-order valence-corrected chi connectivity index (χ0v) is 20.1. The van der Waals surface area contributed by atoms with Gasteiger partial charge in [0.05, 0.1) is 0 Å². The molecule has 1 aliphatic carbocycles. The maximum absolute atomic E-state index is 6.28. The van der Waals surface area contributed by atoms with Crippen molar-refractivity contribution in [3.05, 3.63) is 77.9 Å². The second-order valence-electron chi connectivity index (χ2n) is 10.1.